The van der Waals surface area contributed by atoms with Crippen LogP contribution >= 0.6 is 12.4 Å². The van der Waals surface area contributed by atoms with Gasteiger partial charge in [0.1, 0.15) is 22.7 Å². The van der Waals surface area contributed by atoms with Crippen LogP contribution < -0.4 is 10.1 Å². The quantitative estimate of drug-likeness (QED) is 0.569. The van der Waals surface area contributed by atoms with E-state index in [-0.39, 0.29) is 24.2 Å². The maximum Gasteiger partial charge on any atom is 0.270 e. The lowest BCUT2D eigenvalue weighted by molar-refractivity contribution is -0.154. The van der Waals surface area contributed by atoms with Crippen molar-refractivity contribution < 1.29 is 14.3 Å². The highest BCUT2D eigenvalue weighted by atomic mass is 35.5. The minimum atomic E-state index is -0.733. The summed E-state index contributed by atoms with van der Waals surface area (Å²) in [7, 11) is 0. The average Bonchev–Trinajstić information content (AvgIpc) is 2.84. The smallest absolute Gasteiger partial charge is 0.270 e. The number of hydrogen-bond donors (Lipinski definition) is 1. The molecular weight excluding hydrogens is 450 g/mol. The summed E-state index contributed by atoms with van der Waals surface area (Å²) in [5, 5.41) is 2.87. The van der Waals surface area contributed by atoms with Gasteiger partial charge in [-0.05, 0) is 56.0 Å². The van der Waals surface area contributed by atoms with Crippen molar-refractivity contribution >= 4 is 24.2 Å². The Morgan fingerprint density at radius 2 is 1.65 bits per heavy atom. The van der Waals surface area contributed by atoms with Crippen LogP contribution in [0.4, 0.5) is 0 Å². The summed E-state index contributed by atoms with van der Waals surface area (Å²) >= 11 is 0. The highest BCUT2D eigenvalue weighted by Gasteiger charge is 2.51. The predicted molar refractivity (Wildman–Crippen MR) is 136 cm³/mol. The molecule has 2 aromatic rings. The fourth-order valence-corrected chi connectivity index (χ4v) is 4.71. The molecule has 2 heterocycles. The maximum atomic E-state index is 13.1. The van der Waals surface area contributed by atoms with Gasteiger partial charge in [0.15, 0.2) is 0 Å². The van der Waals surface area contributed by atoms with E-state index in [1.165, 1.54) is 5.56 Å². The SMILES string of the molecule is C/C=C1\NC(=O)C2(CCN(Cc3ccc(Oc4ccccc4)cc3)CC2)N(CCCC)C1=O.Cl. The number of amides is 2. The first kappa shape index (κ1) is 25.8. The van der Waals surface area contributed by atoms with Crippen molar-refractivity contribution in [1.82, 2.24) is 15.1 Å². The lowest BCUT2D eigenvalue weighted by Crippen LogP contribution is -2.69. The topological polar surface area (TPSA) is 61.9 Å². The summed E-state index contributed by atoms with van der Waals surface area (Å²) in [5.41, 5.74) is 0.874. The molecule has 0 aromatic heterocycles. The zero-order valence-electron chi connectivity index (χ0n) is 20.0. The van der Waals surface area contributed by atoms with Gasteiger partial charge in [0, 0.05) is 26.2 Å². The number of rotatable bonds is 7. The molecule has 2 saturated heterocycles. The third-order valence-electron chi connectivity index (χ3n) is 6.68. The van der Waals surface area contributed by atoms with E-state index in [1.54, 1.807) is 13.0 Å². The molecule has 34 heavy (non-hydrogen) atoms. The van der Waals surface area contributed by atoms with Gasteiger partial charge in [-0.1, -0.05) is 49.8 Å². The number of piperazine rings is 1. The monoisotopic (exact) mass is 483 g/mol. The van der Waals surface area contributed by atoms with Crippen LogP contribution in [0.15, 0.2) is 66.4 Å². The number of nitrogens with zero attached hydrogens (tertiary/aromatic N) is 2. The fraction of sp³-hybridized carbons (Fsp3) is 0.407. The second-order valence-electron chi connectivity index (χ2n) is 8.83. The summed E-state index contributed by atoms with van der Waals surface area (Å²) in [6.07, 6.45) is 4.90. The van der Waals surface area contributed by atoms with E-state index in [4.69, 9.17) is 4.74 Å². The molecule has 0 radical (unpaired) electrons. The van der Waals surface area contributed by atoms with Gasteiger partial charge in [0.05, 0.1) is 0 Å². The summed E-state index contributed by atoms with van der Waals surface area (Å²) in [5.74, 6) is 1.55. The van der Waals surface area contributed by atoms with Crippen molar-refractivity contribution in [3.8, 4) is 11.5 Å². The Kier molecular flexibility index (Phi) is 8.75. The van der Waals surface area contributed by atoms with Crippen LogP contribution in [-0.4, -0.2) is 46.8 Å². The molecule has 0 bridgehead atoms. The van der Waals surface area contributed by atoms with Crippen molar-refractivity contribution in [2.24, 2.45) is 0 Å². The number of nitrogens with one attached hydrogen (secondary N) is 1. The zero-order chi connectivity index (χ0) is 23.3. The predicted octanol–water partition coefficient (Wildman–Crippen LogP) is 4.90. The Morgan fingerprint density at radius 3 is 2.26 bits per heavy atom. The molecule has 2 aromatic carbocycles. The molecule has 182 valence electrons. The van der Waals surface area contributed by atoms with E-state index in [9.17, 15) is 9.59 Å². The number of unbranched alkanes of at least 4 members (excludes halogenated alkanes) is 1. The molecule has 1 N–H and O–H groups in total. The van der Waals surface area contributed by atoms with E-state index >= 15 is 0 Å². The summed E-state index contributed by atoms with van der Waals surface area (Å²) in [4.78, 5) is 30.4. The number of piperidine rings is 1. The highest BCUT2D eigenvalue weighted by molar-refractivity contribution is 6.06. The van der Waals surface area contributed by atoms with Crippen LogP contribution in [0.25, 0.3) is 0 Å². The molecule has 2 aliphatic rings. The van der Waals surface area contributed by atoms with Crippen molar-refractivity contribution in [3.63, 3.8) is 0 Å². The van der Waals surface area contributed by atoms with Crippen LogP contribution in [-0.2, 0) is 16.1 Å². The third-order valence-corrected chi connectivity index (χ3v) is 6.68. The molecule has 0 aliphatic carbocycles. The second-order valence-corrected chi connectivity index (χ2v) is 8.83. The molecule has 1 spiro atoms. The van der Waals surface area contributed by atoms with Crippen molar-refractivity contribution in [2.75, 3.05) is 19.6 Å². The van der Waals surface area contributed by atoms with E-state index in [0.29, 0.717) is 25.1 Å². The van der Waals surface area contributed by atoms with Crippen LogP contribution in [0, 0.1) is 0 Å². The molecule has 2 aliphatic heterocycles. The molecule has 0 unspecified atom stereocenters. The lowest BCUT2D eigenvalue weighted by atomic mass is 9.82. The van der Waals surface area contributed by atoms with Gasteiger partial charge in [-0.15, -0.1) is 12.4 Å². The molecule has 0 atom stereocenters. The maximum absolute atomic E-state index is 13.1. The van der Waals surface area contributed by atoms with Gasteiger partial charge in [-0.3, -0.25) is 14.5 Å². The Hall–Kier alpha value is -2.83. The van der Waals surface area contributed by atoms with Crippen molar-refractivity contribution in [1.29, 1.82) is 0 Å². The van der Waals surface area contributed by atoms with Gasteiger partial charge < -0.3 is 15.0 Å². The number of carbonyl (C=O) groups excluding carboxylic acids is 2. The zero-order valence-corrected chi connectivity index (χ0v) is 20.8. The van der Waals surface area contributed by atoms with Gasteiger partial charge in [-0.25, -0.2) is 0 Å². The normalized spacial score (nSPS) is 19.1. The molecule has 7 heteroatoms. The molecule has 4 rings (SSSR count). The summed E-state index contributed by atoms with van der Waals surface area (Å²) in [6.45, 7) is 6.89. The van der Waals surface area contributed by atoms with Crippen LogP contribution in [0.3, 0.4) is 0 Å². The van der Waals surface area contributed by atoms with Gasteiger partial charge in [0.2, 0.25) is 0 Å². The van der Waals surface area contributed by atoms with E-state index in [0.717, 1.165) is 44.0 Å². The average molecular weight is 484 g/mol. The third kappa shape index (κ3) is 5.45. The highest BCUT2D eigenvalue weighted by Crippen LogP contribution is 2.34. The minimum absolute atomic E-state index is 0. The first-order valence-corrected chi connectivity index (χ1v) is 11.9. The first-order chi connectivity index (χ1) is 16.1. The minimum Gasteiger partial charge on any atom is -0.457 e. The number of carbonyl (C=O) groups is 2. The Morgan fingerprint density at radius 1 is 1.00 bits per heavy atom. The van der Waals surface area contributed by atoms with Gasteiger partial charge in [0.25, 0.3) is 11.8 Å². The van der Waals surface area contributed by atoms with Crippen molar-refractivity contribution in [2.45, 2.75) is 51.6 Å². The number of para-hydroxylation sites is 1. The standard InChI is InChI=1S/C27H33N3O3.ClH/c1-3-5-17-30-25(31)24(4-2)28-26(32)27(30)15-18-29(19-16-27)20-21-11-13-23(14-12-21)33-22-9-7-6-8-10-22;/h4,6-14H,3,5,15-20H2,1-2H3,(H,28,32);1H/b24-4-;. The molecular formula is C27H34ClN3O3. The van der Waals surface area contributed by atoms with Crippen LogP contribution in [0.1, 0.15) is 45.1 Å². The van der Waals surface area contributed by atoms with E-state index in [1.807, 2.05) is 47.4 Å². The Balaban J connectivity index is 0.00000324. The largest absolute Gasteiger partial charge is 0.457 e. The first-order valence-electron chi connectivity index (χ1n) is 11.9. The van der Waals surface area contributed by atoms with E-state index in [2.05, 4.69) is 29.3 Å². The van der Waals surface area contributed by atoms with Gasteiger partial charge >= 0.3 is 0 Å². The molecule has 6 nitrogen and oxygen atoms in total. The summed E-state index contributed by atoms with van der Waals surface area (Å²) < 4.78 is 5.88. The Bertz CT molecular complexity index is 1000. The van der Waals surface area contributed by atoms with E-state index < -0.39 is 5.54 Å². The number of hydrogen-bond acceptors (Lipinski definition) is 4. The summed E-state index contributed by atoms with van der Waals surface area (Å²) in [6, 6.07) is 17.9. The number of allylic oxidation sites excluding steroid dienone is 1. The van der Waals surface area contributed by atoms with Crippen LogP contribution in [0.2, 0.25) is 0 Å². The number of likely N-dealkylation sites (tertiary alicyclic amines) is 1. The van der Waals surface area contributed by atoms with Crippen LogP contribution in [0.5, 0.6) is 11.5 Å². The molecule has 2 amide bonds. The lowest BCUT2D eigenvalue weighted by Gasteiger charge is -2.50. The number of halogens is 1. The van der Waals surface area contributed by atoms with Gasteiger partial charge in [-0.2, -0.15) is 0 Å². The number of benzene rings is 2. The molecule has 2 fully saturated rings. The second kappa shape index (κ2) is 11.5. The number of ether oxygens (including phenoxy) is 1. The Labute approximate surface area is 208 Å². The molecule has 0 saturated carbocycles. The fourth-order valence-electron chi connectivity index (χ4n) is 4.71. The van der Waals surface area contributed by atoms with Crippen molar-refractivity contribution in [3.05, 3.63) is 71.9 Å².